The molecular formula is C23H21NO4S. The van der Waals surface area contributed by atoms with Gasteiger partial charge in [-0.25, -0.2) is 9.59 Å². The van der Waals surface area contributed by atoms with Crippen molar-refractivity contribution in [2.24, 2.45) is 0 Å². The van der Waals surface area contributed by atoms with Gasteiger partial charge >= 0.3 is 11.9 Å². The Bertz CT molecular complexity index is 1010. The average Bonchev–Trinajstić information content (AvgIpc) is 3.01. The molecule has 5 nitrogen and oxygen atoms in total. The van der Waals surface area contributed by atoms with E-state index in [4.69, 9.17) is 9.47 Å². The second kappa shape index (κ2) is 9.30. The molecule has 1 heterocycles. The molecule has 0 radical (unpaired) electrons. The molecular weight excluding hydrogens is 386 g/mol. The lowest BCUT2D eigenvalue weighted by Crippen LogP contribution is -2.26. The molecule has 0 amide bonds. The second-order valence-electron chi connectivity index (χ2n) is 6.06. The molecule has 2 aromatic carbocycles. The third-order valence-electron chi connectivity index (χ3n) is 4.45. The van der Waals surface area contributed by atoms with Crippen LogP contribution in [-0.4, -0.2) is 32.4 Å². The molecule has 0 aromatic heterocycles. The van der Waals surface area contributed by atoms with Crippen molar-refractivity contribution >= 4 is 29.4 Å². The molecule has 0 atom stereocenters. The van der Waals surface area contributed by atoms with Gasteiger partial charge in [-0.05, 0) is 47.7 Å². The van der Waals surface area contributed by atoms with E-state index >= 15 is 0 Å². The normalized spacial score (nSPS) is 13.3. The summed E-state index contributed by atoms with van der Waals surface area (Å²) in [6.07, 6.45) is 8.72. The van der Waals surface area contributed by atoms with Crippen molar-refractivity contribution in [2.45, 2.75) is 4.90 Å². The lowest BCUT2D eigenvalue weighted by Gasteiger charge is -2.23. The Labute approximate surface area is 174 Å². The standard InChI is InChI=1S/C23H21NO4S/c1-27-22(25)19-9-6-7-15-24(21(19)23(26)28-2)17-13-11-16(12-14-17)18-8-4-5-10-20(18)29-3/h4-15H,1-3H3. The maximum absolute atomic E-state index is 12.5. The molecule has 0 fully saturated rings. The molecule has 1 aliphatic heterocycles. The van der Waals surface area contributed by atoms with E-state index in [-0.39, 0.29) is 11.3 Å². The second-order valence-corrected chi connectivity index (χ2v) is 6.91. The summed E-state index contributed by atoms with van der Waals surface area (Å²) >= 11 is 1.69. The number of carbonyl (C=O) groups excluding carboxylic acids is 2. The fraction of sp³-hybridized carbons (Fsp3) is 0.130. The number of benzene rings is 2. The van der Waals surface area contributed by atoms with Crippen molar-refractivity contribution in [3.63, 3.8) is 0 Å². The molecule has 0 unspecified atom stereocenters. The summed E-state index contributed by atoms with van der Waals surface area (Å²) in [4.78, 5) is 27.6. The maximum atomic E-state index is 12.5. The van der Waals surface area contributed by atoms with E-state index in [1.807, 2.05) is 42.7 Å². The minimum Gasteiger partial charge on any atom is -0.465 e. The van der Waals surface area contributed by atoms with Crippen LogP contribution < -0.4 is 4.90 Å². The first-order valence-electron chi connectivity index (χ1n) is 8.89. The zero-order chi connectivity index (χ0) is 20.8. The fourth-order valence-corrected chi connectivity index (χ4v) is 3.67. The fourth-order valence-electron chi connectivity index (χ4n) is 3.05. The van der Waals surface area contributed by atoms with E-state index in [2.05, 4.69) is 12.1 Å². The first-order valence-corrected chi connectivity index (χ1v) is 10.1. The topological polar surface area (TPSA) is 55.8 Å². The number of thioether (sulfide) groups is 1. The predicted molar refractivity (Wildman–Crippen MR) is 115 cm³/mol. The number of methoxy groups -OCH3 is 2. The maximum Gasteiger partial charge on any atom is 0.355 e. The van der Waals surface area contributed by atoms with Gasteiger partial charge in [-0.3, -0.25) is 0 Å². The summed E-state index contributed by atoms with van der Waals surface area (Å²) in [5, 5.41) is 0. The Morgan fingerprint density at radius 1 is 0.897 bits per heavy atom. The van der Waals surface area contributed by atoms with Crippen LogP contribution in [0.4, 0.5) is 5.69 Å². The molecule has 0 spiro atoms. The summed E-state index contributed by atoms with van der Waals surface area (Å²) in [7, 11) is 2.56. The van der Waals surface area contributed by atoms with Crippen molar-refractivity contribution in [1.29, 1.82) is 0 Å². The molecule has 0 saturated heterocycles. The first kappa shape index (κ1) is 20.5. The Kier molecular flexibility index (Phi) is 6.57. The first-order chi connectivity index (χ1) is 14.1. The van der Waals surface area contributed by atoms with E-state index in [1.165, 1.54) is 25.2 Å². The molecule has 2 aromatic rings. The van der Waals surface area contributed by atoms with Crippen LogP contribution in [-0.2, 0) is 19.1 Å². The number of hydrogen-bond acceptors (Lipinski definition) is 6. The lowest BCUT2D eigenvalue weighted by molar-refractivity contribution is -0.139. The minimum atomic E-state index is -0.626. The Morgan fingerprint density at radius 3 is 2.24 bits per heavy atom. The van der Waals surface area contributed by atoms with Crippen LogP contribution in [0.1, 0.15) is 0 Å². The van der Waals surface area contributed by atoms with Crippen molar-refractivity contribution < 1.29 is 19.1 Å². The van der Waals surface area contributed by atoms with Crippen LogP contribution in [0.25, 0.3) is 11.1 Å². The molecule has 148 valence electrons. The van der Waals surface area contributed by atoms with Crippen LogP contribution >= 0.6 is 11.8 Å². The molecule has 1 aliphatic rings. The van der Waals surface area contributed by atoms with Crippen LogP contribution in [0.2, 0.25) is 0 Å². The molecule has 0 aliphatic carbocycles. The number of carbonyl (C=O) groups is 2. The summed E-state index contributed by atoms with van der Waals surface area (Å²) in [6, 6.07) is 16.0. The van der Waals surface area contributed by atoms with E-state index < -0.39 is 11.9 Å². The highest BCUT2D eigenvalue weighted by Crippen LogP contribution is 2.32. The summed E-state index contributed by atoms with van der Waals surface area (Å²) < 4.78 is 9.77. The number of ether oxygens (including phenoxy) is 2. The van der Waals surface area contributed by atoms with Gasteiger partial charge in [0.15, 0.2) is 0 Å². The van der Waals surface area contributed by atoms with Gasteiger partial charge in [-0.2, -0.15) is 0 Å². The zero-order valence-electron chi connectivity index (χ0n) is 16.4. The summed E-state index contributed by atoms with van der Waals surface area (Å²) in [5.41, 5.74) is 3.14. The molecule has 6 heteroatoms. The van der Waals surface area contributed by atoms with Gasteiger partial charge in [0.1, 0.15) is 5.70 Å². The van der Waals surface area contributed by atoms with Crippen LogP contribution in [0.15, 0.2) is 89.1 Å². The SMILES string of the molecule is COC(=O)C1=C(C(=O)OC)N(c2ccc(-c3ccccc3SC)cc2)C=CC=C1. The lowest BCUT2D eigenvalue weighted by atomic mass is 10.0. The van der Waals surface area contributed by atoms with Gasteiger partial charge in [0.2, 0.25) is 0 Å². The van der Waals surface area contributed by atoms with Gasteiger partial charge in [0, 0.05) is 16.8 Å². The van der Waals surface area contributed by atoms with E-state index in [9.17, 15) is 9.59 Å². The Balaban J connectivity index is 2.06. The van der Waals surface area contributed by atoms with Gasteiger partial charge in [0.25, 0.3) is 0 Å². The number of rotatable bonds is 5. The van der Waals surface area contributed by atoms with Gasteiger partial charge in [-0.1, -0.05) is 36.4 Å². The van der Waals surface area contributed by atoms with Crippen LogP contribution in [0, 0.1) is 0 Å². The van der Waals surface area contributed by atoms with E-state index in [1.54, 1.807) is 35.0 Å². The van der Waals surface area contributed by atoms with Gasteiger partial charge in [-0.15, -0.1) is 11.8 Å². The molecule has 3 rings (SSSR count). The van der Waals surface area contributed by atoms with Gasteiger partial charge < -0.3 is 14.4 Å². The number of esters is 2. The summed E-state index contributed by atoms with van der Waals surface area (Å²) in [6.45, 7) is 0. The average molecular weight is 407 g/mol. The third-order valence-corrected chi connectivity index (χ3v) is 5.25. The number of hydrogen-bond donors (Lipinski definition) is 0. The van der Waals surface area contributed by atoms with Crippen LogP contribution in [0.5, 0.6) is 0 Å². The highest BCUT2D eigenvalue weighted by molar-refractivity contribution is 7.98. The number of nitrogens with zero attached hydrogens (tertiary/aromatic N) is 1. The summed E-state index contributed by atoms with van der Waals surface area (Å²) in [5.74, 6) is -1.24. The zero-order valence-corrected chi connectivity index (χ0v) is 17.2. The molecule has 0 saturated carbocycles. The monoisotopic (exact) mass is 407 g/mol. The largest absolute Gasteiger partial charge is 0.465 e. The van der Waals surface area contributed by atoms with Crippen LogP contribution in [0.3, 0.4) is 0 Å². The van der Waals surface area contributed by atoms with E-state index in [0.29, 0.717) is 0 Å². The van der Waals surface area contributed by atoms with Crippen molar-refractivity contribution in [1.82, 2.24) is 0 Å². The highest BCUT2D eigenvalue weighted by Gasteiger charge is 2.27. The van der Waals surface area contributed by atoms with Crippen molar-refractivity contribution in [3.05, 3.63) is 84.2 Å². The molecule has 0 N–H and O–H groups in total. The van der Waals surface area contributed by atoms with Crippen molar-refractivity contribution in [3.8, 4) is 11.1 Å². The highest BCUT2D eigenvalue weighted by atomic mass is 32.2. The van der Waals surface area contributed by atoms with E-state index in [0.717, 1.165) is 16.8 Å². The van der Waals surface area contributed by atoms with Gasteiger partial charge in [0.05, 0.1) is 19.8 Å². The smallest absolute Gasteiger partial charge is 0.355 e. The molecule has 0 bridgehead atoms. The number of allylic oxidation sites excluding steroid dienone is 2. The Hall–Kier alpha value is -3.25. The third kappa shape index (κ3) is 4.27. The quantitative estimate of drug-likeness (QED) is 0.535. The molecule has 29 heavy (non-hydrogen) atoms. The van der Waals surface area contributed by atoms with Crippen molar-refractivity contribution in [2.75, 3.05) is 25.4 Å². The minimum absolute atomic E-state index is 0.0987. The number of anilines is 1. The Morgan fingerprint density at radius 2 is 1.59 bits per heavy atom. The predicted octanol–water partition coefficient (Wildman–Crippen LogP) is 4.57.